The number of hydrogen-bond acceptors (Lipinski definition) is 6. The van der Waals surface area contributed by atoms with Crippen LogP contribution < -0.4 is 10.1 Å². The molecule has 1 aliphatic rings. The zero-order valence-corrected chi connectivity index (χ0v) is 23.3. The Bertz CT molecular complexity index is 1300. The van der Waals surface area contributed by atoms with Gasteiger partial charge in [0.05, 0.1) is 12.0 Å². The van der Waals surface area contributed by atoms with E-state index < -0.39 is 21.5 Å². The van der Waals surface area contributed by atoms with Crippen molar-refractivity contribution in [2.45, 2.75) is 24.4 Å². The van der Waals surface area contributed by atoms with Crippen molar-refractivity contribution in [1.82, 2.24) is 9.80 Å². The Morgan fingerprint density at radius 1 is 1.00 bits per heavy atom. The van der Waals surface area contributed by atoms with Crippen molar-refractivity contribution in [2.75, 3.05) is 44.4 Å². The molecule has 37 heavy (non-hydrogen) atoms. The number of fused-ring (bicyclic) bond motifs is 1. The molecule has 0 fully saturated rings. The molecule has 0 spiro atoms. The standard InChI is InChI=1S/C28H32BrN3O4S/c1-36-25-9-11-26(12-10-25)37(34,35)21-28(33)32-17-16-31(19-22-6-3-2-4-7-22)15-5-14-30-27-13-8-24(29)18-23(27)20-32/h2-4,6-13,18,30H,5,14-17,19-21H2,1H3. The molecule has 1 aliphatic heterocycles. The van der Waals surface area contributed by atoms with Crippen molar-refractivity contribution in [3.05, 3.63) is 88.4 Å². The molecule has 196 valence electrons. The molecule has 0 aliphatic carbocycles. The Labute approximate surface area is 227 Å². The summed E-state index contributed by atoms with van der Waals surface area (Å²) in [7, 11) is -2.29. The lowest BCUT2D eigenvalue weighted by molar-refractivity contribution is -0.129. The molecule has 0 unspecified atom stereocenters. The number of rotatable bonds is 6. The zero-order chi connectivity index (χ0) is 26.3. The lowest BCUT2D eigenvalue weighted by Crippen LogP contribution is -2.41. The third-order valence-corrected chi connectivity index (χ3v) is 8.53. The number of anilines is 1. The number of nitrogens with one attached hydrogen (secondary N) is 1. The first-order chi connectivity index (χ1) is 17.8. The van der Waals surface area contributed by atoms with Gasteiger partial charge in [0.1, 0.15) is 11.5 Å². The van der Waals surface area contributed by atoms with Crippen LogP contribution >= 0.6 is 15.9 Å². The number of carbonyl (C=O) groups is 1. The number of carbonyl (C=O) groups excluding carboxylic acids is 1. The van der Waals surface area contributed by atoms with Gasteiger partial charge >= 0.3 is 0 Å². The van der Waals surface area contributed by atoms with E-state index in [2.05, 4.69) is 38.3 Å². The summed E-state index contributed by atoms with van der Waals surface area (Å²) in [5.74, 6) is -0.444. The first-order valence-electron chi connectivity index (χ1n) is 12.3. The fourth-order valence-electron chi connectivity index (χ4n) is 4.38. The van der Waals surface area contributed by atoms with Crippen molar-refractivity contribution in [3.8, 4) is 5.75 Å². The van der Waals surface area contributed by atoms with Gasteiger partial charge in [0.15, 0.2) is 9.84 Å². The van der Waals surface area contributed by atoms with E-state index in [0.29, 0.717) is 25.4 Å². The van der Waals surface area contributed by atoms with Crippen molar-refractivity contribution < 1.29 is 17.9 Å². The largest absolute Gasteiger partial charge is 0.497 e. The number of amides is 1. The molecule has 0 bridgehead atoms. The normalized spacial score (nSPS) is 15.2. The molecule has 0 radical (unpaired) electrons. The molecule has 0 aromatic heterocycles. The third-order valence-electron chi connectivity index (χ3n) is 6.41. The Kier molecular flexibility index (Phi) is 9.23. The second kappa shape index (κ2) is 12.6. The lowest BCUT2D eigenvalue weighted by atomic mass is 10.1. The SMILES string of the molecule is COc1ccc(S(=O)(=O)CC(=O)N2CCN(Cc3ccccc3)CCCNc3ccc(Br)cc3C2)cc1. The number of sulfone groups is 1. The monoisotopic (exact) mass is 585 g/mol. The van der Waals surface area contributed by atoms with Crippen molar-refractivity contribution >= 4 is 37.4 Å². The van der Waals surface area contributed by atoms with Gasteiger partial charge in [-0.3, -0.25) is 9.69 Å². The summed E-state index contributed by atoms with van der Waals surface area (Å²) in [6.45, 7) is 3.82. The molecule has 1 heterocycles. The van der Waals surface area contributed by atoms with E-state index in [1.807, 2.05) is 36.4 Å². The van der Waals surface area contributed by atoms with Gasteiger partial charge < -0.3 is 15.0 Å². The fraction of sp³-hybridized carbons (Fsp3) is 0.321. The number of ether oxygens (including phenoxy) is 1. The molecule has 9 heteroatoms. The first kappa shape index (κ1) is 27.2. The van der Waals surface area contributed by atoms with Gasteiger partial charge in [-0.2, -0.15) is 0 Å². The maximum Gasteiger partial charge on any atom is 0.238 e. The lowest BCUT2D eigenvalue weighted by Gasteiger charge is -2.28. The van der Waals surface area contributed by atoms with Crippen molar-refractivity contribution in [3.63, 3.8) is 0 Å². The van der Waals surface area contributed by atoms with Crippen LogP contribution in [0.4, 0.5) is 5.69 Å². The highest BCUT2D eigenvalue weighted by Crippen LogP contribution is 2.24. The van der Waals surface area contributed by atoms with Gasteiger partial charge in [-0.05, 0) is 60.0 Å². The molecular weight excluding hydrogens is 554 g/mol. The summed E-state index contributed by atoms with van der Waals surface area (Å²) in [5.41, 5.74) is 3.11. The summed E-state index contributed by atoms with van der Waals surface area (Å²) in [4.78, 5) is 17.6. The molecule has 1 amide bonds. The van der Waals surface area contributed by atoms with Crippen LogP contribution in [0.25, 0.3) is 0 Å². The van der Waals surface area contributed by atoms with Gasteiger partial charge in [0.2, 0.25) is 5.91 Å². The molecule has 3 aromatic rings. The maximum absolute atomic E-state index is 13.5. The van der Waals surface area contributed by atoms with Gasteiger partial charge in [0.25, 0.3) is 0 Å². The summed E-state index contributed by atoms with van der Waals surface area (Å²) < 4.78 is 32.2. The van der Waals surface area contributed by atoms with Crippen LogP contribution in [0, 0.1) is 0 Å². The summed E-state index contributed by atoms with van der Waals surface area (Å²) in [6.07, 6.45) is 0.947. The highest BCUT2D eigenvalue weighted by atomic mass is 79.9. The quantitative estimate of drug-likeness (QED) is 0.456. The molecular formula is C28H32BrN3O4S. The molecule has 0 saturated heterocycles. The van der Waals surface area contributed by atoms with E-state index in [4.69, 9.17) is 4.74 Å². The zero-order valence-electron chi connectivity index (χ0n) is 20.9. The smallest absolute Gasteiger partial charge is 0.238 e. The van der Waals surface area contributed by atoms with E-state index in [9.17, 15) is 13.2 Å². The average Bonchev–Trinajstić information content (AvgIpc) is 2.93. The predicted molar refractivity (Wildman–Crippen MR) is 149 cm³/mol. The van der Waals surface area contributed by atoms with Crippen LogP contribution in [0.5, 0.6) is 5.75 Å². The number of benzene rings is 3. The van der Waals surface area contributed by atoms with Gasteiger partial charge in [-0.25, -0.2) is 8.42 Å². The summed E-state index contributed by atoms with van der Waals surface area (Å²) >= 11 is 3.53. The molecule has 7 nitrogen and oxygen atoms in total. The highest BCUT2D eigenvalue weighted by Gasteiger charge is 2.25. The first-order valence-corrected chi connectivity index (χ1v) is 14.7. The van der Waals surface area contributed by atoms with Gasteiger partial charge in [0, 0.05) is 49.4 Å². The van der Waals surface area contributed by atoms with Crippen LogP contribution in [-0.2, 0) is 27.7 Å². The number of methoxy groups -OCH3 is 1. The molecule has 0 atom stereocenters. The number of hydrogen-bond donors (Lipinski definition) is 1. The minimum atomic E-state index is -3.81. The Morgan fingerprint density at radius 3 is 2.49 bits per heavy atom. The van der Waals surface area contributed by atoms with E-state index in [-0.39, 0.29) is 4.90 Å². The van der Waals surface area contributed by atoms with Crippen LogP contribution in [0.15, 0.2) is 82.2 Å². The fourth-order valence-corrected chi connectivity index (χ4v) is 6.02. The highest BCUT2D eigenvalue weighted by molar-refractivity contribution is 9.10. The Balaban J connectivity index is 1.57. The van der Waals surface area contributed by atoms with E-state index in [0.717, 1.165) is 41.8 Å². The van der Waals surface area contributed by atoms with Crippen LogP contribution in [-0.4, -0.2) is 63.2 Å². The van der Waals surface area contributed by atoms with Crippen LogP contribution in [0.2, 0.25) is 0 Å². The maximum atomic E-state index is 13.5. The molecule has 1 N–H and O–H groups in total. The summed E-state index contributed by atoms with van der Waals surface area (Å²) in [6, 6.07) is 22.3. The second-order valence-electron chi connectivity index (χ2n) is 9.09. The Morgan fingerprint density at radius 2 is 1.76 bits per heavy atom. The van der Waals surface area contributed by atoms with Gasteiger partial charge in [-0.15, -0.1) is 0 Å². The van der Waals surface area contributed by atoms with E-state index >= 15 is 0 Å². The topological polar surface area (TPSA) is 79.0 Å². The Hall–Kier alpha value is -2.88. The van der Waals surface area contributed by atoms with Crippen molar-refractivity contribution in [2.24, 2.45) is 0 Å². The molecule has 3 aromatic carbocycles. The van der Waals surface area contributed by atoms with Crippen LogP contribution in [0.1, 0.15) is 17.5 Å². The van der Waals surface area contributed by atoms with Crippen LogP contribution in [0.3, 0.4) is 0 Å². The predicted octanol–water partition coefficient (Wildman–Crippen LogP) is 4.58. The number of halogens is 1. The van der Waals surface area contributed by atoms with Crippen molar-refractivity contribution in [1.29, 1.82) is 0 Å². The third kappa shape index (κ3) is 7.56. The molecule has 0 saturated carbocycles. The summed E-state index contributed by atoms with van der Waals surface area (Å²) in [5, 5.41) is 3.50. The van der Waals surface area contributed by atoms with E-state index in [1.54, 1.807) is 17.0 Å². The minimum absolute atomic E-state index is 0.107. The van der Waals surface area contributed by atoms with Gasteiger partial charge in [-0.1, -0.05) is 46.3 Å². The van der Waals surface area contributed by atoms with E-state index in [1.165, 1.54) is 24.8 Å². The number of nitrogens with zero attached hydrogens (tertiary/aromatic N) is 2. The average molecular weight is 587 g/mol. The second-order valence-corrected chi connectivity index (χ2v) is 12.0. The molecule has 4 rings (SSSR count). The minimum Gasteiger partial charge on any atom is -0.497 e.